The van der Waals surface area contributed by atoms with Gasteiger partial charge in [0.25, 0.3) is 0 Å². The fraction of sp³-hybridized carbons (Fsp3) is 0.300. The Morgan fingerprint density at radius 1 is 1.18 bits per heavy atom. The summed E-state index contributed by atoms with van der Waals surface area (Å²) in [7, 11) is 2.97. The Morgan fingerprint density at radius 3 is 2.57 bits per heavy atom. The van der Waals surface area contributed by atoms with Gasteiger partial charge in [-0.05, 0) is 5.56 Å². The summed E-state index contributed by atoms with van der Waals surface area (Å²) in [5, 5.41) is 5.94. The zero-order valence-electron chi connectivity index (χ0n) is 15.7. The summed E-state index contributed by atoms with van der Waals surface area (Å²) in [5.74, 6) is 0.844. The van der Waals surface area contributed by atoms with E-state index in [2.05, 4.69) is 10.6 Å². The summed E-state index contributed by atoms with van der Waals surface area (Å²) in [4.78, 5) is 26.4. The lowest BCUT2D eigenvalue weighted by Crippen LogP contribution is -2.39. The number of likely N-dealkylation sites (tertiary alicyclic amines) is 1. The van der Waals surface area contributed by atoms with E-state index in [9.17, 15) is 9.59 Å². The van der Waals surface area contributed by atoms with Crippen LogP contribution in [0.3, 0.4) is 0 Å². The molecule has 2 N–H and O–H groups in total. The van der Waals surface area contributed by atoms with Crippen LogP contribution < -0.4 is 20.1 Å². The lowest BCUT2D eigenvalue weighted by Gasteiger charge is -2.18. The standard InChI is InChI=1S/C20H22ClN3O4/c1-27-17-10-16(18(28-2)9-15(17)21)23-20(26)22-14-8-19(25)24(12-14)11-13-6-4-3-5-7-13/h3-7,9-10,14H,8,11-12H2,1-2H3,(H2,22,23,26). The van der Waals surface area contributed by atoms with E-state index in [4.69, 9.17) is 21.1 Å². The van der Waals surface area contributed by atoms with Crippen LogP contribution in [0.4, 0.5) is 10.5 Å². The number of benzene rings is 2. The molecule has 1 aliphatic heterocycles. The molecule has 1 fully saturated rings. The Morgan fingerprint density at radius 2 is 1.89 bits per heavy atom. The zero-order valence-corrected chi connectivity index (χ0v) is 16.5. The van der Waals surface area contributed by atoms with E-state index in [1.165, 1.54) is 14.2 Å². The van der Waals surface area contributed by atoms with Gasteiger partial charge in [-0.2, -0.15) is 0 Å². The summed E-state index contributed by atoms with van der Waals surface area (Å²) >= 11 is 6.08. The largest absolute Gasteiger partial charge is 0.495 e. The molecule has 0 radical (unpaired) electrons. The quantitative estimate of drug-likeness (QED) is 0.775. The van der Waals surface area contributed by atoms with E-state index in [0.29, 0.717) is 35.3 Å². The second-order valence-corrected chi connectivity index (χ2v) is 6.85. The number of methoxy groups -OCH3 is 2. The first-order valence-corrected chi connectivity index (χ1v) is 9.18. The van der Waals surface area contributed by atoms with E-state index < -0.39 is 6.03 Å². The molecule has 148 valence electrons. The molecule has 0 aromatic heterocycles. The molecule has 0 aliphatic carbocycles. The van der Waals surface area contributed by atoms with Crippen molar-refractivity contribution in [2.24, 2.45) is 0 Å². The Balaban J connectivity index is 1.60. The molecule has 1 aliphatic rings. The van der Waals surface area contributed by atoms with Crippen LogP contribution in [0.1, 0.15) is 12.0 Å². The zero-order chi connectivity index (χ0) is 20.1. The van der Waals surface area contributed by atoms with Crippen molar-refractivity contribution < 1.29 is 19.1 Å². The van der Waals surface area contributed by atoms with Crippen molar-refractivity contribution in [1.29, 1.82) is 0 Å². The second-order valence-electron chi connectivity index (χ2n) is 6.45. The smallest absolute Gasteiger partial charge is 0.319 e. The fourth-order valence-electron chi connectivity index (χ4n) is 3.13. The number of urea groups is 1. The van der Waals surface area contributed by atoms with Gasteiger partial charge >= 0.3 is 6.03 Å². The molecule has 1 atom stereocenters. The number of carbonyl (C=O) groups is 2. The molecule has 2 aromatic rings. The lowest BCUT2D eigenvalue weighted by atomic mass is 10.2. The highest BCUT2D eigenvalue weighted by atomic mass is 35.5. The lowest BCUT2D eigenvalue weighted by molar-refractivity contribution is -0.128. The van der Waals surface area contributed by atoms with Gasteiger partial charge in [0.1, 0.15) is 11.5 Å². The van der Waals surface area contributed by atoms with Gasteiger partial charge in [0.05, 0.1) is 31.0 Å². The molecule has 8 heteroatoms. The van der Waals surface area contributed by atoms with E-state index in [-0.39, 0.29) is 18.4 Å². The van der Waals surface area contributed by atoms with Gasteiger partial charge in [0.2, 0.25) is 5.91 Å². The van der Waals surface area contributed by atoms with Crippen molar-refractivity contribution in [3.8, 4) is 11.5 Å². The maximum atomic E-state index is 12.4. The van der Waals surface area contributed by atoms with Gasteiger partial charge in [0.15, 0.2) is 0 Å². The predicted octanol–water partition coefficient (Wildman–Crippen LogP) is 3.28. The van der Waals surface area contributed by atoms with Crippen LogP contribution in [0.15, 0.2) is 42.5 Å². The summed E-state index contributed by atoms with van der Waals surface area (Å²) in [5.41, 5.74) is 1.48. The number of amides is 3. The topological polar surface area (TPSA) is 79.9 Å². The van der Waals surface area contributed by atoms with Crippen LogP contribution in [0.2, 0.25) is 5.02 Å². The number of hydrogen-bond acceptors (Lipinski definition) is 4. The number of nitrogens with zero attached hydrogens (tertiary/aromatic N) is 1. The summed E-state index contributed by atoms with van der Waals surface area (Å²) in [6.07, 6.45) is 0.265. The highest BCUT2D eigenvalue weighted by Crippen LogP contribution is 2.35. The van der Waals surface area contributed by atoms with Crippen molar-refractivity contribution in [1.82, 2.24) is 10.2 Å². The molecule has 3 rings (SSSR count). The Labute approximate surface area is 168 Å². The van der Waals surface area contributed by atoms with Gasteiger partial charge in [-0.3, -0.25) is 4.79 Å². The van der Waals surface area contributed by atoms with Gasteiger partial charge in [-0.25, -0.2) is 4.79 Å². The molecular weight excluding hydrogens is 382 g/mol. The average molecular weight is 404 g/mol. The molecule has 7 nitrogen and oxygen atoms in total. The Hall–Kier alpha value is -2.93. The monoisotopic (exact) mass is 403 g/mol. The van der Waals surface area contributed by atoms with Gasteiger partial charge in [-0.1, -0.05) is 41.9 Å². The summed E-state index contributed by atoms with van der Waals surface area (Å²) in [6.45, 7) is 0.990. The molecule has 1 saturated heterocycles. The Bertz CT molecular complexity index is 860. The number of anilines is 1. The molecule has 1 heterocycles. The van der Waals surface area contributed by atoms with Crippen molar-refractivity contribution in [2.45, 2.75) is 19.0 Å². The summed E-state index contributed by atoms with van der Waals surface area (Å²) < 4.78 is 10.4. The molecule has 28 heavy (non-hydrogen) atoms. The minimum atomic E-state index is -0.429. The first-order chi connectivity index (χ1) is 13.5. The third kappa shape index (κ3) is 4.67. The Kier molecular flexibility index (Phi) is 6.26. The van der Waals surface area contributed by atoms with Crippen LogP contribution in [0.25, 0.3) is 0 Å². The third-order valence-electron chi connectivity index (χ3n) is 4.49. The van der Waals surface area contributed by atoms with Crippen LogP contribution in [0.5, 0.6) is 11.5 Å². The highest BCUT2D eigenvalue weighted by molar-refractivity contribution is 6.32. The van der Waals surface area contributed by atoms with Gasteiger partial charge in [0, 0.05) is 31.6 Å². The van der Waals surface area contributed by atoms with Crippen molar-refractivity contribution in [3.63, 3.8) is 0 Å². The summed E-state index contributed by atoms with van der Waals surface area (Å²) in [6, 6.07) is 12.2. The fourth-order valence-corrected chi connectivity index (χ4v) is 3.36. The molecule has 0 spiro atoms. The maximum Gasteiger partial charge on any atom is 0.319 e. The van der Waals surface area contributed by atoms with E-state index in [0.717, 1.165) is 5.56 Å². The number of ether oxygens (including phenoxy) is 2. The maximum absolute atomic E-state index is 12.4. The number of rotatable bonds is 6. The van der Waals surface area contributed by atoms with Crippen molar-refractivity contribution in [2.75, 3.05) is 26.1 Å². The number of carbonyl (C=O) groups excluding carboxylic acids is 2. The van der Waals surface area contributed by atoms with Crippen molar-refractivity contribution >= 4 is 29.2 Å². The van der Waals surface area contributed by atoms with Crippen molar-refractivity contribution in [3.05, 3.63) is 53.1 Å². The molecular formula is C20H22ClN3O4. The molecule has 0 saturated carbocycles. The second kappa shape index (κ2) is 8.84. The predicted molar refractivity (Wildman–Crippen MR) is 107 cm³/mol. The van der Waals surface area contributed by atoms with Crippen LogP contribution in [-0.4, -0.2) is 43.6 Å². The highest BCUT2D eigenvalue weighted by Gasteiger charge is 2.30. The van der Waals surface area contributed by atoms with Crippen LogP contribution >= 0.6 is 11.6 Å². The normalized spacial score (nSPS) is 16.0. The number of hydrogen-bond donors (Lipinski definition) is 2. The number of halogens is 1. The molecule has 0 bridgehead atoms. The SMILES string of the molecule is COc1cc(NC(=O)NC2CC(=O)N(Cc3ccccc3)C2)c(OC)cc1Cl. The minimum Gasteiger partial charge on any atom is -0.495 e. The van der Waals surface area contributed by atoms with Gasteiger partial charge < -0.3 is 25.0 Å². The first-order valence-electron chi connectivity index (χ1n) is 8.81. The molecule has 2 aromatic carbocycles. The minimum absolute atomic E-state index is 0.0138. The van der Waals surface area contributed by atoms with E-state index in [1.54, 1.807) is 17.0 Å². The van der Waals surface area contributed by atoms with E-state index >= 15 is 0 Å². The van der Waals surface area contributed by atoms with Gasteiger partial charge in [-0.15, -0.1) is 0 Å². The molecule has 3 amide bonds. The third-order valence-corrected chi connectivity index (χ3v) is 4.78. The first kappa shape index (κ1) is 19.8. The van der Waals surface area contributed by atoms with Crippen LogP contribution in [-0.2, 0) is 11.3 Å². The molecule has 1 unspecified atom stereocenters. The number of nitrogens with one attached hydrogen (secondary N) is 2. The average Bonchev–Trinajstić information content (AvgIpc) is 3.02. The van der Waals surface area contributed by atoms with Crippen LogP contribution in [0, 0.1) is 0 Å². The van der Waals surface area contributed by atoms with E-state index in [1.807, 2.05) is 30.3 Å².